The van der Waals surface area contributed by atoms with Crippen LogP contribution in [0.5, 0.6) is 5.75 Å². The normalized spacial score (nSPS) is 25.0. The minimum Gasteiger partial charge on any atom is -0.497 e. The van der Waals surface area contributed by atoms with E-state index in [0.29, 0.717) is 19.0 Å². The lowest BCUT2D eigenvalue weighted by Gasteiger charge is -2.23. The maximum absolute atomic E-state index is 10.1. The highest BCUT2D eigenvalue weighted by Crippen LogP contribution is 2.41. The van der Waals surface area contributed by atoms with E-state index in [-0.39, 0.29) is 12.1 Å². The van der Waals surface area contributed by atoms with Gasteiger partial charge in [0, 0.05) is 18.5 Å². The number of benzene rings is 1. The predicted octanol–water partition coefficient (Wildman–Crippen LogP) is 2.87. The van der Waals surface area contributed by atoms with Gasteiger partial charge in [-0.05, 0) is 37.0 Å². The standard InChI is InChI=1S/C18H22N2O3/c1-22-15-4-2-3-13(7-15)16-8-14(21)10-20(16)11-18-19-9-17(23-18)12-5-6-12/h2-4,7,9,12,14,16,21H,5-6,8,10-11H2,1H3/t14-,16+/m0/s1. The maximum atomic E-state index is 10.1. The summed E-state index contributed by atoms with van der Waals surface area (Å²) in [6, 6.07) is 8.23. The smallest absolute Gasteiger partial charge is 0.208 e. The molecule has 2 fully saturated rings. The number of aliphatic hydroxyl groups excluding tert-OH is 1. The van der Waals surface area contributed by atoms with Gasteiger partial charge in [-0.25, -0.2) is 4.98 Å². The summed E-state index contributed by atoms with van der Waals surface area (Å²) in [5, 5.41) is 10.1. The lowest BCUT2D eigenvalue weighted by molar-refractivity contribution is 0.166. The molecule has 1 saturated heterocycles. The summed E-state index contributed by atoms with van der Waals surface area (Å²) < 4.78 is 11.2. The Bertz CT molecular complexity index is 680. The molecule has 1 aromatic heterocycles. The molecule has 0 unspecified atom stereocenters. The van der Waals surface area contributed by atoms with Gasteiger partial charge in [-0.2, -0.15) is 0 Å². The SMILES string of the molecule is COc1cccc([C@H]2C[C@H](O)CN2Cc2ncc(C3CC3)o2)c1. The molecule has 1 aliphatic carbocycles. The second-order valence-corrected chi connectivity index (χ2v) is 6.54. The van der Waals surface area contributed by atoms with Crippen molar-refractivity contribution < 1.29 is 14.3 Å². The van der Waals surface area contributed by atoms with Crippen LogP contribution in [-0.2, 0) is 6.54 Å². The van der Waals surface area contributed by atoms with Crippen LogP contribution in [0.4, 0.5) is 0 Å². The van der Waals surface area contributed by atoms with E-state index in [2.05, 4.69) is 16.0 Å². The van der Waals surface area contributed by atoms with Gasteiger partial charge in [-0.3, -0.25) is 4.90 Å². The zero-order valence-corrected chi connectivity index (χ0v) is 13.3. The molecular weight excluding hydrogens is 292 g/mol. The Hall–Kier alpha value is -1.85. The van der Waals surface area contributed by atoms with Crippen molar-refractivity contribution >= 4 is 0 Å². The number of methoxy groups -OCH3 is 1. The third-order valence-corrected chi connectivity index (χ3v) is 4.75. The first-order valence-electron chi connectivity index (χ1n) is 8.23. The van der Waals surface area contributed by atoms with Gasteiger partial charge in [-0.15, -0.1) is 0 Å². The summed E-state index contributed by atoms with van der Waals surface area (Å²) >= 11 is 0. The molecule has 1 aromatic carbocycles. The van der Waals surface area contributed by atoms with Crippen molar-refractivity contribution in [3.05, 3.63) is 47.7 Å². The average molecular weight is 314 g/mol. The summed E-state index contributed by atoms with van der Waals surface area (Å²) in [5.41, 5.74) is 1.16. The monoisotopic (exact) mass is 314 g/mol. The van der Waals surface area contributed by atoms with Gasteiger partial charge in [0.2, 0.25) is 5.89 Å². The van der Waals surface area contributed by atoms with Gasteiger partial charge < -0.3 is 14.3 Å². The Labute approximate surface area is 135 Å². The molecule has 0 bridgehead atoms. The molecule has 1 N–H and O–H groups in total. The molecule has 2 atom stereocenters. The molecular formula is C18H22N2O3. The maximum Gasteiger partial charge on any atom is 0.208 e. The molecule has 2 aromatic rings. The molecule has 1 saturated carbocycles. The number of β-amino-alcohol motifs (C(OH)–C–C–N with tert-alkyl or cyclic N) is 1. The molecule has 0 amide bonds. The van der Waals surface area contributed by atoms with E-state index in [4.69, 9.17) is 9.15 Å². The lowest BCUT2D eigenvalue weighted by atomic mass is 10.0. The van der Waals surface area contributed by atoms with E-state index in [1.54, 1.807) is 7.11 Å². The number of nitrogens with zero attached hydrogens (tertiary/aromatic N) is 2. The molecule has 5 heteroatoms. The molecule has 5 nitrogen and oxygen atoms in total. The van der Waals surface area contributed by atoms with Crippen LogP contribution in [0.2, 0.25) is 0 Å². The number of rotatable bonds is 5. The minimum atomic E-state index is -0.316. The van der Waals surface area contributed by atoms with E-state index in [1.165, 1.54) is 12.8 Å². The Kier molecular flexibility index (Phi) is 3.83. The number of likely N-dealkylation sites (tertiary alicyclic amines) is 1. The van der Waals surface area contributed by atoms with Crippen molar-refractivity contribution in [2.45, 2.75) is 43.9 Å². The fourth-order valence-electron chi connectivity index (χ4n) is 3.38. The topological polar surface area (TPSA) is 58.7 Å². The van der Waals surface area contributed by atoms with Crippen LogP contribution in [0.15, 0.2) is 34.9 Å². The van der Waals surface area contributed by atoms with Gasteiger partial charge >= 0.3 is 0 Å². The highest BCUT2D eigenvalue weighted by Gasteiger charge is 2.34. The van der Waals surface area contributed by atoms with Gasteiger partial charge in [0.15, 0.2) is 0 Å². The van der Waals surface area contributed by atoms with Crippen LogP contribution in [0.25, 0.3) is 0 Å². The molecule has 2 aliphatic rings. The van der Waals surface area contributed by atoms with Crippen molar-refractivity contribution in [1.29, 1.82) is 0 Å². The van der Waals surface area contributed by atoms with Gasteiger partial charge in [0.1, 0.15) is 11.5 Å². The second kappa shape index (κ2) is 5.98. The molecule has 2 heterocycles. The van der Waals surface area contributed by atoms with Crippen molar-refractivity contribution in [1.82, 2.24) is 9.88 Å². The molecule has 4 rings (SSSR count). The average Bonchev–Trinajstić information content (AvgIpc) is 3.21. The number of hydrogen-bond donors (Lipinski definition) is 1. The highest BCUT2D eigenvalue weighted by atomic mass is 16.5. The van der Waals surface area contributed by atoms with Gasteiger partial charge in [-0.1, -0.05) is 12.1 Å². The summed E-state index contributed by atoms with van der Waals surface area (Å²) in [5.74, 6) is 3.18. The molecule has 1 aliphatic heterocycles. The van der Waals surface area contributed by atoms with Crippen molar-refractivity contribution in [2.75, 3.05) is 13.7 Å². The van der Waals surface area contributed by atoms with Crippen LogP contribution >= 0.6 is 0 Å². The van der Waals surface area contributed by atoms with Crippen molar-refractivity contribution in [3.63, 3.8) is 0 Å². The first-order chi connectivity index (χ1) is 11.2. The summed E-state index contributed by atoms with van der Waals surface area (Å²) in [6.45, 7) is 1.27. The van der Waals surface area contributed by atoms with Crippen molar-refractivity contribution in [2.24, 2.45) is 0 Å². The zero-order valence-electron chi connectivity index (χ0n) is 13.3. The molecule has 122 valence electrons. The lowest BCUT2D eigenvalue weighted by Crippen LogP contribution is -2.24. The Morgan fingerprint density at radius 3 is 3.04 bits per heavy atom. The van der Waals surface area contributed by atoms with E-state index >= 15 is 0 Å². The van der Waals surface area contributed by atoms with Crippen molar-refractivity contribution in [3.8, 4) is 5.75 Å². The van der Waals surface area contributed by atoms with Crippen LogP contribution in [0, 0.1) is 0 Å². The fraction of sp³-hybridized carbons (Fsp3) is 0.500. The Morgan fingerprint density at radius 1 is 1.39 bits per heavy atom. The van der Waals surface area contributed by atoms with Crippen LogP contribution in [0.3, 0.4) is 0 Å². The number of oxazole rings is 1. The number of aromatic nitrogens is 1. The third kappa shape index (κ3) is 3.12. The number of aliphatic hydroxyl groups is 1. The second-order valence-electron chi connectivity index (χ2n) is 6.54. The largest absolute Gasteiger partial charge is 0.497 e. The highest BCUT2D eigenvalue weighted by molar-refractivity contribution is 5.31. The third-order valence-electron chi connectivity index (χ3n) is 4.75. The van der Waals surface area contributed by atoms with E-state index in [1.807, 2.05) is 24.4 Å². The summed E-state index contributed by atoms with van der Waals surface area (Å²) in [6.07, 6.45) is 4.69. The molecule has 0 spiro atoms. The number of hydrogen-bond acceptors (Lipinski definition) is 5. The van der Waals surface area contributed by atoms with E-state index in [0.717, 1.165) is 29.4 Å². The van der Waals surface area contributed by atoms with Gasteiger partial charge in [0.25, 0.3) is 0 Å². The quantitative estimate of drug-likeness (QED) is 0.919. The first kappa shape index (κ1) is 14.7. The fourth-order valence-corrected chi connectivity index (χ4v) is 3.38. The van der Waals surface area contributed by atoms with Crippen LogP contribution in [0.1, 0.15) is 48.4 Å². The number of ether oxygens (including phenoxy) is 1. The first-order valence-corrected chi connectivity index (χ1v) is 8.23. The van der Waals surface area contributed by atoms with Crippen LogP contribution in [-0.4, -0.2) is 34.7 Å². The summed E-state index contributed by atoms with van der Waals surface area (Å²) in [7, 11) is 1.67. The van der Waals surface area contributed by atoms with E-state index < -0.39 is 0 Å². The van der Waals surface area contributed by atoms with E-state index in [9.17, 15) is 5.11 Å². The van der Waals surface area contributed by atoms with Crippen LogP contribution < -0.4 is 4.74 Å². The van der Waals surface area contributed by atoms with Gasteiger partial charge in [0.05, 0.1) is 26.0 Å². The Balaban J connectivity index is 1.52. The summed E-state index contributed by atoms with van der Waals surface area (Å²) in [4.78, 5) is 6.65. The minimum absolute atomic E-state index is 0.163. The zero-order chi connectivity index (χ0) is 15.8. The Morgan fingerprint density at radius 2 is 2.26 bits per heavy atom. The molecule has 23 heavy (non-hydrogen) atoms. The molecule has 0 radical (unpaired) electrons. The predicted molar refractivity (Wildman–Crippen MR) is 85.2 cm³/mol.